The van der Waals surface area contributed by atoms with Gasteiger partial charge in [0.15, 0.2) is 0 Å². The molecule has 0 aliphatic carbocycles. The zero-order valence-electron chi connectivity index (χ0n) is 16.0. The average Bonchev–Trinajstić information content (AvgIpc) is 2.72. The molecule has 1 saturated heterocycles. The number of carbonyl (C=O) groups excluding carboxylic acids is 1. The Morgan fingerprint density at radius 2 is 1.83 bits per heavy atom. The fourth-order valence-electron chi connectivity index (χ4n) is 4.17. The number of alkyl halides is 2. The Labute approximate surface area is 168 Å². The number of fused-ring (bicyclic) bond motifs is 2. The molecule has 1 amide bonds. The molecule has 0 spiro atoms. The number of benzene rings is 2. The molecule has 0 N–H and O–H groups in total. The highest BCUT2D eigenvalue weighted by molar-refractivity contribution is 5.74. The van der Waals surface area contributed by atoms with Gasteiger partial charge in [-0.15, -0.1) is 0 Å². The van der Waals surface area contributed by atoms with Crippen LogP contribution in [0.15, 0.2) is 60.7 Å². The summed E-state index contributed by atoms with van der Waals surface area (Å²) in [5, 5.41) is 0. The van der Waals surface area contributed by atoms with Gasteiger partial charge in [-0.3, -0.25) is 4.90 Å². The molecular weight excluding hydrogens is 376 g/mol. The Morgan fingerprint density at radius 1 is 1.07 bits per heavy atom. The third-order valence-corrected chi connectivity index (χ3v) is 5.50. The van der Waals surface area contributed by atoms with Gasteiger partial charge >= 0.3 is 12.7 Å². The summed E-state index contributed by atoms with van der Waals surface area (Å²) in [6.45, 7) is -2.57. The van der Waals surface area contributed by atoms with Crippen LogP contribution in [-0.2, 0) is 11.3 Å². The van der Waals surface area contributed by atoms with Crippen LogP contribution in [0.4, 0.5) is 13.6 Å². The topological polar surface area (TPSA) is 38.8 Å². The van der Waals surface area contributed by atoms with Crippen molar-refractivity contribution in [2.75, 3.05) is 0 Å². The predicted molar refractivity (Wildman–Crippen MR) is 106 cm³/mol. The number of piperidine rings is 1. The van der Waals surface area contributed by atoms with Gasteiger partial charge in [0, 0.05) is 6.04 Å². The minimum atomic E-state index is -2.83. The SMILES string of the molecule is O=C(OCc1ccccc1)N1C2C=C(c3ccc(OC(F)F)cc3)CC1CCC2. The first kappa shape index (κ1) is 19.4. The van der Waals surface area contributed by atoms with Crippen molar-refractivity contribution in [1.29, 1.82) is 0 Å². The maximum Gasteiger partial charge on any atom is 0.410 e. The minimum Gasteiger partial charge on any atom is -0.445 e. The second-order valence-corrected chi connectivity index (χ2v) is 7.40. The molecular formula is C23H23F2NO3. The second-order valence-electron chi connectivity index (χ2n) is 7.40. The predicted octanol–water partition coefficient (Wildman–Crippen LogP) is 5.64. The highest BCUT2D eigenvalue weighted by atomic mass is 19.3. The summed E-state index contributed by atoms with van der Waals surface area (Å²) < 4.78 is 34.7. The zero-order valence-corrected chi connectivity index (χ0v) is 16.0. The summed E-state index contributed by atoms with van der Waals surface area (Å²) in [6, 6.07) is 16.4. The largest absolute Gasteiger partial charge is 0.445 e. The third-order valence-electron chi connectivity index (χ3n) is 5.50. The molecule has 2 aliphatic heterocycles. The lowest BCUT2D eigenvalue weighted by Crippen LogP contribution is -2.51. The Kier molecular flexibility index (Phi) is 5.79. The van der Waals surface area contributed by atoms with Crippen molar-refractivity contribution in [2.24, 2.45) is 0 Å². The number of hydrogen-bond donors (Lipinski definition) is 0. The van der Waals surface area contributed by atoms with Crippen molar-refractivity contribution in [2.45, 2.75) is 51.0 Å². The molecule has 4 nitrogen and oxygen atoms in total. The van der Waals surface area contributed by atoms with Crippen molar-refractivity contribution >= 4 is 11.7 Å². The second kappa shape index (κ2) is 8.64. The zero-order chi connectivity index (χ0) is 20.2. The first-order chi connectivity index (χ1) is 14.1. The summed E-state index contributed by atoms with van der Waals surface area (Å²) >= 11 is 0. The third kappa shape index (κ3) is 4.58. The molecule has 6 heteroatoms. The van der Waals surface area contributed by atoms with Crippen molar-refractivity contribution in [3.05, 3.63) is 71.8 Å². The highest BCUT2D eigenvalue weighted by Crippen LogP contribution is 2.38. The van der Waals surface area contributed by atoms with Gasteiger partial charge in [-0.2, -0.15) is 8.78 Å². The lowest BCUT2D eigenvalue weighted by molar-refractivity contribution is -0.0498. The fraction of sp³-hybridized carbons (Fsp3) is 0.348. The molecule has 4 rings (SSSR count). The molecule has 2 atom stereocenters. The summed E-state index contributed by atoms with van der Waals surface area (Å²) in [4.78, 5) is 14.6. The van der Waals surface area contributed by atoms with Crippen LogP contribution in [0, 0.1) is 0 Å². The summed E-state index contributed by atoms with van der Waals surface area (Å²) in [5.74, 6) is 0.145. The van der Waals surface area contributed by atoms with Gasteiger partial charge in [-0.1, -0.05) is 48.5 Å². The van der Waals surface area contributed by atoms with Gasteiger partial charge in [0.1, 0.15) is 12.4 Å². The van der Waals surface area contributed by atoms with Gasteiger partial charge < -0.3 is 9.47 Å². The number of nitrogens with zero attached hydrogens (tertiary/aromatic N) is 1. The lowest BCUT2D eigenvalue weighted by atomic mass is 9.83. The fourth-order valence-corrected chi connectivity index (χ4v) is 4.17. The molecule has 152 valence electrons. The first-order valence-electron chi connectivity index (χ1n) is 9.85. The Bertz CT molecular complexity index is 867. The van der Waals surface area contributed by atoms with E-state index in [9.17, 15) is 13.6 Å². The van der Waals surface area contributed by atoms with Crippen LogP contribution in [0.3, 0.4) is 0 Å². The quantitative estimate of drug-likeness (QED) is 0.654. The van der Waals surface area contributed by atoms with Gasteiger partial charge in [0.05, 0.1) is 6.04 Å². The number of halogens is 2. The summed E-state index contributed by atoms with van der Waals surface area (Å²) in [6.07, 6.45) is 5.46. The highest BCUT2D eigenvalue weighted by Gasteiger charge is 2.38. The van der Waals surface area contributed by atoms with Crippen LogP contribution >= 0.6 is 0 Å². The van der Waals surface area contributed by atoms with E-state index in [1.54, 1.807) is 24.3 Å². The van der Waals surface area contributed by atoms with Crippen LogP contribution < -0.4 is 4.74 Å². The lowest BCUT2D eigenvalue weighted by Gasteiger charge is -2.44. The molecule has 1 fully saturated rings. The van der Waals surface area contributed by atoms with E-state index in [1.807, 2.05) is 35.2 Å². The number of hydrogen-bond acceptors (Lipinski definition) is 3. The summed E-state index contributed by atoms with van der Waals surface area (Å²) in [5.41, 5.74) is 3.07. The minimum absolute atomic E-state index is 0.00207. The van der Waals surface area contributed by atoms with E-state index in [2.05, 4.69) is 10.8 Å². The van der Waals surface area contributed by atoms with E-state index < -0.39 is 6.61 Å². The van der Waals surface area contributed by atoms with E-state index in [4.69, 9.17) is 4.74 Å². The van der Waals surface area contributed by atoms with Crippen molar-refractivity contribution in [3.63, 3.8) is 0 Å². The Hall–Kier alpha value is -2.89. The number of ether oxygens (including phenoxy) is 2. The van der Waals surface area contributed by atoms with Crippen LogP contribution in [0.2, 0.25) is 0 Å². The van der Waals surface area contributed by atoms with E-state index in [0.717, 1.165) is 42.4 Å². The Balaban J connectivity index is 1.46. The smallest absolute Gasteiger partial charge is 0.410 e. The molecule has 2 aromatic carbocycles. The normalized spacial score (nSPS) is 20.9. The molecule has 0 saturated carbocycles. The van der Waals surface area contributed by atoms with Crippen LogP contribution in [0.25, 0.3) is 5.57 Å². The van der Waals surface area contributed by atoms with Crippen LogP contribution in [0.1, 0.15) is 36.8 Å². The van der Waals surface area contributed by atoms with E-state index in [0.29, 0.717) is 0 Å². The van der Waals surface area contributed by atoms with Gasteiger partial charge in [-0.25, -0.2) is 4.79 Å². The molecule has 2 aromatic rings. The summed E-state index contributed by atoms with van der Waals surface area (Å²) in [7, 11) is 0. The first-order valence-corrected chi connectivity index (χ1v) is 9.85. The van der Waals surface area contributed by atoms with Crippen LogP contribution in [0.5, 0.6) is 5.75 Å². The molecule has 0 aromatic heterocycles. The van der Waals surface area contributed by atoms with Crippen LogP contribution in [-0.4, -0.2) is 29.7 Å². The van der Waals surface area contributed by atoms with Gasteiger partial charge in [-0.05, 0) is 54.5 Å². The standard InChI is InChI=1S/C23H23F2NO3/c24-22(25)29-21-11-9-17(10-12-21)18-13-19-7-4-8-20(14-18)26(19)23(27)28-15-16-5-2-1-3-6-16/h1-3,5-6,9-13,19-20,22H,4,7-8,14-15H2. The van der Waals surface area contributed by atoms with Crippen molar-refractivity contribution in [1.82, 2.24) is 4.90 Å². The maximum atomic E-state index is 12.8. The molecule has 2 unspecified atom stereocenters. The van der Waals surface area contributed by atoms with E-state index in [1.165, 1.54) is 0 Å². The van der Waals surface area contributed by atoms with Crippen molar-refractivity contribution < 1.29 is 23.0 Å². The number of rotatable bonds is 5. The molecule has 0 radical (unpaired) electrons. The maximum absolute atomic E-state index is 12.8. The molecule has 29 heavy (non-hydrogen) atoms. The molecule has 2 heterocycles. The van der Waals surface area contributed by atoms with E-state index in [-0.39, 0.29) is 30.5 Å². The molecule has 2 bridgehead atoms. The number of carbonyl (C=O) groups is 1. The van der Waals surface area contributed by atoms with Gasteiger partial charge in [0.25, 0.3) is 0 Å². The number of amides is 1. The van der Waals surface area contributed by atoms with Crippen molar-refractivity contribution in [3.8, 4) is 5.75 Å². The monoisotopic (exact) mass is 399 g/mol. The van der Waals surface area contributed by atoms with E-state index >= 15 is 0 Å². The van der Waals surface area contributed by atoms with Gasteiger partial charge in [0.2, 0.25) is 0 Å². The average molecular weight is 399 g/mol. The molecule has 2 aliphatic rings. The Morgan fingerprint density at radius 3 is 2.52 bits per heavy atom.